The quantitative estimate of drug-likeness (QED) is 0.315. The summed E-state index contributed by atoms with van der Waals surface area (Å²) in [5.41, 5.74) is -9.68. The molecule has 0 aliphatic carbocycles. The van der Waals surface area contributed by atoms with Crippen LogP contribution in [0.25, 0.3) is 0 Å². The standard InChI is InChI=1S/C23H26ClF6N7O4S/c1-19(2)18(38)31-5-7-36(19)12-20(13-37(8-6-35-20)42(40,41)15-3-4-16(24)32-11-15)17-33-9-14(10-34-17)21(39,22(25,26)27)23(28,29)30/h3-4,9-11,35,39H,5-8,12-13H2,1-2H3,(H,31,38)/t20-/m0/s1. The van der Waals surface area contributed by atoms with Crippen molar-refractivity contribution in [3.63, 3.8) is 0 Å². The summed E-state index contributed by atoms with van der Waals surface area (Å²) in [4.78, 5) is 25.5. The van der Waals surface area contributed by atoms with Gasteiger partial charge < -0.3 is 15.7 Å². The average molecular weight is 646 g/mol. The minimum absolute atomic E-state index is 0.0269. The number of carbonyl (C=O) groups excluding carboxylic acids is 1. The molecule has 2 aromatic rings. The van der Waals surface area contributed by atoms with Gasteiger partial charge in [0.1, 0.15) is 15.6 Å². The number of nitrogens with one attached hydrogen (secondary N) is 2. The summed E-state index contributed by atoms with van der Waals surface area (Å²) in [6.45, 7) is 3.01. The Balaban J connectivity index is 1.80. The Morgan fingerprint density at radius 1 is 1.00 bits per heavy atom. The molecule has 11 nitrogen and oxygen atoms in total. The summed E-state index contributed by atoms with van der Waals surface area (Å²) in [5.74, 6) is -0.707. The van der Waals surface area contributed by atoms with Crippen molar-refractivity contribution < 1.29 is 44.7 Å². The number of carbonyl (C=O) groups is 1. The lowest BCUT2D eigenvalue weighted by atomic mass is 9.90. The predicted octanol–water partition coefficient (Wildman–Crippen LogP) is 1.54. The third-order valence-electron chi connectivity index (χ3n) is 7.40. The number of hydrogen-bond donors (Lipinski definition) is 3. The number of alkyl halides is 6. The molecule has 232 valence electrons. The summed E-state index contributed by atoms with van der Waals surface area (Å²) in [5, 5.41) is 15.6. The van der Waals surface area contributed by atoms with E-state index in [1.165, 1.54) is 12.1 Å². The third kappa shape index (κ3) is 5.55. The van der Waals surface area contributed by atoms with Crippen LogP contribution in [0.15, 0.2) is 35.6 Å². The number of aromatic nitrogens is 3. The minimum Gasteiger partial charge on any atom is -0.369 e. The van der Waals surface area contributed by atoms with Gasteiger partial charge >= 0.3 is 12.4 Å². The minimum atomic E-state index is -6.15. The SMILES string of the molecule is CC1(C)C(=O)NCCN1C[C@@]1(c2ncc(C(O)(C(F)(F)F)C(F)(F)F)cn2)CN(S(=O)(=O)c2ccc(Cl)nc2)CCN1. The van der Waals surface area contributed by atoms with E-state index in [4.69, 9.17) is 11.6 Å². The van der Waals surface area contributed by atoms with Crippen LogP contribution in [0.5, 0.6) is 0 Å². The van der Waals surface area contributed by atoms with Gasteiger partial charge in [0.05, 0.1) is 5.54 Å². The fraction of sp³-hybridized carbons (Fsp3) is 0.565. The second-order valence-corrected chi connectivity index (χ2v) is 12.7. The smallest absolute Gasteiger partial charge is 0.369 e. The van der Waals surface area contributed by atoms with Crippen LogP contribution >= 0.6 is 11.6 Å². The van der Waals surface area contributed by atoms with Crippen LogP contribution in [-0.2, 0) is 26.0 Å². The average Bonchev–Trinajstić information content (AvgIpc) is 2.90. The Bertz CT molecular complexity index is 1410. The molecule has 1 atom stereocenters. The van der Waals surface area contributed by atoms with Gasteiger partial charge in [-0.2, -0.15) is 30.6 Å². The lowest BCUT2D eigenvalue weighted by Gasteiger charge is -2.49. The van der Waals surface area contributed by atoms with Crippen molar-refractivity contribution in [3.05, 3.63) is 47.3 Å². The molecule has 2 aliphatic rings. The van der Waals surface area contributed by atoms with Gasteiger partial charge in [0.15, 0.2) is 5.82 Å². The second kappa shape index (κ2) is 10.8. The Hall–Kier alpha value is -2.64. The van der Waals surface area contributed by atoms with Gasteiger partial charge in [0.2, 0.25) is 15.9 Å². The molecule has 19 heteroatoms. The van der Waals surface area contributed by atoms with Gasteiger partial charge in [-0.05, 0) is 26.0 Å². The van der Waals surface area contributed by atoms with Crippen molar-refractivity contribution in [1.29, 1.82) is 0 Å². The summed E-state index contributed by atoms with van der Waals surface area (Å²) >= 11 is 5.78. The summed E-state index contributed by atoms with van der Waals surface area (Å²) < 4.78 is 109. The number of hydrogen-bond acceptors (Lipinski definition) is 9. The topological polar surface area (TPSA) is 141 Å². The van der Waals surface area contributed by atoms with Crippen LogP contribution in [0.1, 0.15) is 25.2 Å². The van der Waals surface area contributed by atoms with Gasteiger partial charge in [-0.25, -0.2) is 23.4 Å². The zero-order valence-corrected chi connectivity index (χ0v) is 23.7. The molecule has 0 unspecified atom stereocenters. The van der Waals surface area contributed by atoms with E-state index in [1.807, 2.05) is 0 Å². The van der Waals surface area contributed by atoms with E-state index in [2.05, 4.69) is 25.6 Å². The van der Waals surface area contributed by atoms with Crippen LogP contribution in [0, 0.1) is 0 Å². The van der Waals surface area contributed by atoms with Gasteiger partial charge in [0, 0.05) is 63.4 Å². The first-order valence-electron chi connectivity index (χ1n) is 12.3. The molecule has 42 heavy (non-hydrogen) atoms. The molecule has 0 spiro atoms. The monoisotopic (exact) mass is 645 g/mol. The highest BCUT2D eigenvalue weighted by Gasteiger charge is 2.72. The number of piperazine rings is 2. The summed E-state index contributed by atoms with van der Waals surface area (Å²) in [6.07, 6.45) is -10.9. The number of halogens is 7. The maximum absolute atomic E-state index is 13.5. The van der Waals surface area contributed by atoms with Gasteiger partial charge in [0.25, 0.3) is 5.60 Å². The van der Waals surface area contributed by atoms with E-state index in [1.54, 1.807) is 18.7 Å². The van der Waals surface area contributed by atoms with Crippen LogP contribution in [0.2, 0.25) is 5.15 Å². The van der Waals surface area contributed by atoms with Gasteiger partial charge in [-0.15, -0.1) is 0 Å². The molecule has 2 aliphatic heterocycles. The molecule has 2 aromatic heterocycles. The fourth-order valence-electron chi connectivity index (χ4n) is 4.85. The highest BCUT2D eigenvalue weighted by atomic mass is 35.5. The molecule has 4 rings (SSSR count). The Morgan fingerprint density at radius 3 is 2.17 bits per heavy atom. The number of pyridine rings is 1. The normalized spacial score (nSPS) is 23.0. The number of aliphatic hydroxyl groups is 1. The van der Waals surface area contributed by atoms with E-state index in [0.717, 1.165) is 10.5 Å². The molecule has 0 bridgehead atoms. The van der Waals surface area contributed by atoms with Crippen LogP contribution in [0.3, 0.4) is 0 Å². The maximum Gasteiger partial charge on any atom is 0.430 e. The summed E-state index contributed by atoms with van der Waals surface area (Å²) in [6, 6.07) is 2.50. The molecule has 4 heterocycles. The van der Waals surface area contributed by atoms with Gasteiger partial charge in [-0.3, -0.25) is 9.69 Å². The first-order chi connectivity index (χ1) is 19.3. The van der Waals surface area contributed by atoms with Crippen LogP contribution in [-0.4, -0.2) is 101 Å². The lowest BCUT2D eigenvalue weighted by molar-refractivity contribution is -0.376. The largest absolute Gasteiger partial charge is 0.430 e. The van der Waals surface area contributed by atoms with E-state index in [0.29, 0.717) is 0 Å². The van der Waals surface area contributed by atoms with Crippen molar-refractivity contribution >= 4 is 27.5 Å². The molecule has 0 aromatic carbocycles. The highest BCUT2D eigenvalue weighted by molar-refractivity contribution is 7.89. The first-order valence-corrected chi connectivity index (χ1v) is 14.2. The maximum atomic E-state index is 13.5. The Labute approximate surface area is 241 Å². The molecule has 3 N–H and O–H groups in total. The van der Waals surface area contributed by atoms with E-state index in [-0.39, 0.29) is 66.9 Å². The molecule has 2 fully saturated rings. The summed E-state index contributed by atoms with van der Waals surface area (Å²) in [7, 11) is -4.23. The fourth-order valence-corrected chi connectivity index (χ4v) is 6.41. The van der Waals surface area contributed by atoms with E-state index < -0.39 is 51.2 Å². The van der Waals surface area contributed by atoms with Crippen molar-refractivity contribution in [3.8, 4) is 0 Å². The Kier molecular flexibility index (Phi) is 8.31. The number of nitrogens with zero attached hydrogens (tertiary/aromatic N) is 5. The predicted molar refractivity (Wildman–Crippen MR) is 134 cm³/mol. The van der Waals surface area contributed by atoms with E-state index in [9.17, 15) is 44.7 Å². The van der Waals surface area contributed by atoms with Crippen LogP contribution < -0.4 is 10.6 Å². The highest BCUT2D eigenvalue weighted by Crippen LogP contribution is 2.49. The molecular formula is C23H26ClF6N7O4S. The molecule has 1 amide bonds. The number of rotatable bonds is 6. The molecule has 0 radical (unpaired) electrons. The second-order valence-electron chi connectivity index (χ2n) is 10.4. The van der Waals surface area contributed by atoms with E-state index >= 15 is 0 Å². The molecule has 2 saturated heterocycles. The third-order valence-corrected chi connectivity index (χ3v) is 9.45. The number of amides is 1. The lowest BCUT2D eigenvalue weighted by Crippen LogP contribution is -2.69. The zero-order valence-electron chi connectivity index (χ0n) is 22.1. The van der Waals surface area contributed by atoms with Crippen molar-refractivity contribution in [2.75, 3.05) is 39.3 Å². The molecular weight excluding hydrogens is 620 g/mol. The number of sulfonamides is 1. The van der Waals surface area contributed by atoms with Crippen molar-refractivity contribution in [2.45, 2.75) is 47.8 Å². The van der Waals surface area contributed by atoms with Gasteiger partial charge in [-0.1, -0.05) is 11.6 Å². The first kappa shape index (κ1) is 32.3. The van der Waals surface area contributed by atoms with Crippen LogP contribution in [0.4, 0.5) is 26.3 Å². The van der Waals surface area contributed by atoms with Crippen molar-refractivity contribution in [2.24, 2.45) is 0 Å². The zero-order chi connectivity index (χ0) is 31.4. The Morgan fingerprint density at radius 2 is 1.62 bits per heavy atom. The van der Waals surface area contributed by atoms with Crippen molar-refractivity contribution in [1.82, 2.24) is 34.8 Å². The molecule has 0 saturated carbocycles.